The summed E-state index contributed by atoms with van der Waals surface area (Å²) in [5.74, 6) is 0. The molecule has 0 unspecified atom stereocenters. The van der Waals surface area contributed by atoms with Gasteiger partial charge in [0.2, 0.25) is 0 Å². The first kappa shape index (κ1) is 12.7. The largest absolute Gasteiger partial charge is 0.379 e. The third-order valence-electron chi connectivity index (χ3n) is 2.64. The molecule has 0 atom stereocenters. The van der Waals surface area contributed by atoms with E-state index >= 15 is 0 Å². The predicted molar refractivity (Wildman–Crippen MR) is 79.9 cm³/mol. The SMILES string of the molecule is CCc1ccc(CNc2ccc(C)cc2Br)s1. The Morgan fingerprint density at radius 3 is 2.59 bits per heavy atom. The van der Waals surface area contributed by atoms with Crippen molar-refractivity contribution in [3.63, 3.8) is 0 Å². The quantitative estimate of drug-likeness (QED) is 0.838. The van der Waals surface area contributed by atoms with E-state index in [9.17, 15) is 0 Å². The summed E-state index contributed by atoms with van der Waals surface area (Å²) in [6.07, 6.45) is 1.12. The molecule has 0 aliphatic rings. The Labute approximate surface area is 115 Å². The Bertz CT molecular complexity index is 505. The van der Waals surface area contributed by atoms with E-state index in [1.807, 2.05) is 11.3 Å². The molecule has 0 amide bonds. The molecule has 1 nitrogen and oxygen atoms in total. The second kappa shape index (κ2) is 5.69. The number of anilines is 1. The molecule has 90 valence electrons. The molecule has 2 rings (SSSR count). The van der Waals surface area contributed by atoms with E-state index in [1.54, 1.807) is 0 Å². The van der Waals surface area contributed by atoms with Crippen molar-refractivity contribution in [2.75, 3.05) is 5.32 Å². The van der Waals surface area contributed by atoms with Crippen molar-refractivity contribution in [3.8, 4) is 0 Å². The molecule has 0 fully saturated rings. The lowest BCUT2D eigenvalue weighted by molar-refractivity contribution is 1.18. The van der Waals surface area contributed by atoms with Crippen LogP contribution in [0.5, 0.6) is 0 Å². The van der Waals surface area contributed by atoms with E-state index in [0.717, 1.165) is 23.1 Å². The molecule has 1 aromatic carbocycles. The average Bonchev–Trinajstić information content (AvgIpc) is 2.76. The number of nitrogens with one attached hydrogen (secondary N) is 1. The van der Waals surface area contributed by atoms with Crippen LogP contribution in [0.1, 0.15) is 22.2 Å². The molecule has 3 heteroatoms. The van der Waals surface area contributed by atoms with Crippen molar-refractivity contribution < 1.29 is 0 Å². The van der Waals surface area contributed by atoms with Gasteiger partial charge in [0.05, 0.1) is 0 Å². The predicted octanol–water partition coefficient (Wildman–Crippen LogP) is 4.99. The standard InChI is InChI=1S/C14H16BrNS/c1-3-11-5-6-12(17-11)9-16-14-7-4-10(2)8-13(14)15/h4-8,16H,3,9H2,1-2H3. The van der Waals surface area contributed by atoms with Gasteiger partial charge in [0, 0.05) is 26.5 Å². The van der Waals surface area contributed by atoms with Gasteiger partial charge in [0.1, 0.15) is 0 Å². The zero-order valence-corrected chi connectivity index (χ0v) is 12.5. The third kappa shape index (κ3) is 3.33. The first-order chi connectivity index (χ1) is 8.19. The minimum absolute atomic E-state index is 0.895. The lowest BCUT2D eigenvalue weighted by Crippen LogP contribution is -1.98. The van der Waals surface area contributed by atoms with Crippen LogP contribution >= 0.6 is 27.3 Å². The number of hydrogen-bond acceptors (Lipinski definition) is 2. The van der Waals surface area contributed by atoms with Gasteiger partial charge in [-0.25, -0.2) is 0 Å². The summed E-state index contributed by atoms with van der Waals surface area (Å²) >= 11 is 5.46. The summed E-state index contributed by atoms with van der Waals surface area (Å²) in [6.45, 7) is 5.19. The maximum atomic E-state index is 3.58. The maximum Gasteiger partial charge on any atom is 0.0494 e. The monoisotopic (exact) mass is 309 g/mol. The van der Waals surface area contributed by atoms with Gasteiger partial charge in [-0.3, -0.25) is 0 Å². The lowest BCUT2D eigenvalue weighted by Gasteiger charge is -2.07. The molecule has 1 aromatic heterocycles. The van der Waals surface area contributed by atoms with Gasteiger partial charge in [-0.1, -0.05) is 13.0 Å². The first-order valence-corrected chi connectivity index (χ1v) is 7.37. The van der Waals surface area contributed by atoms with Crippen LogP contribution in [0.2, 0.25) is 0 Å². The van der Waals surface area contributed by atoms with Gasteiger partial charge in [0.15, 0.2) is 0 Å². The lowest BCUT2D eigenvalue weighted by atomic mass is 10.2. The molecule has 0 aliphatic carbocycles. The van der Waals surface area contributed by atoms with E-state index in [2.05, 4.69) is 65.4 Å². The zero-order chi connectivity index (χ0) is 12.3. The highest BCUT2D eigenvalue weighted by atomic mass is 79.9. The highest BCUT2D eigenvalue weighted by molar-refractivity contribution is 9.10. The maximum absolute atomic E-state index is 3.58. The van der Waals surface area contributed by atoms with Gasteiger partial charge in [-0.2, -0.15) is 0 Å². The highest BCUT2D eigenvalue weighted by Crippen LogP contribution is 2.25. The summed E-state index contributed by atoms with van der Waals surface area (Å²) in [5, 5.41) is 3.46. The number of rotatable bonds is 4. The molecule has 1 heterocycles. The number of thiophene rings is 1. The number of halogens is 1. The van der Waals surface area contributed by atoms with Crippen LogP contribution in [0.4, 0.5) is 5.69 Å². The van der Waals surface area contributed by atoms with Crippen molar-refractivity contribution in [2.45, 2.75) is 26.8 Å². The number of hydrogen-bond donors (Lipinski definition) is 1. The fourth-order valence-corrected chi connectivity index (χ4v) is 3.18. The van der Waals surface area contributed by atoms with Crippen LogP contribution in [0.15, 0.2) is 34.8 Å². The summed E-state index contributed by atoms with van der Waals surface area (Å²) in [7, 11) is 0. The van der Waals surface area contributed by atoms with Gasteiger partial charge in [0.25, 0.3) is 0 Å². The van der Waals surface area contributed by atoms with E-state index in [4.69, 9.17) is 0 Å². The smallest absolute Gasteiger partial charge is 0.0494 e. The molecule has 0 aliphatic heterocycles. The summed E-state index contributed by atoms with van der Waals surface area (Å²) < 4.78 is 1.13. The van der Waals surface area contributed by atoms with E-state index in [-0.39, 0.29) is 0 Å². The topological polar surface area (TPSA) is 12.0 Å². The molecular weight excluding hydrogens is 294 g/mol. The second-order valence-electron chi connectivity index (χ2n) is 4.06. The molecule has 0 bridgehead atoms. The van der Waals surface area contributed by atoms with Crippen LogP contribution in [0.3, 0.4) is 0 Å². The van der Waals surface area contributed by atoms with Crippen molar-refractivity contribution in [1.29, 1.82) is 0 Å². The molecular formula is C14H16BrNS. The van der Waals surface area contributed by atoms with Gasteiger partial charge in [-0.15, -0.1) is 11.3 Å². The highest BCUT2D eigenvalue weighted by Gasteiger charge is 2.01. The van der Waals surface area contributed by atoms with Crippen LogP contribution in [0.25, 0.3) is 0 Å². The Morgan fingerprint density at radius 1 is 1.18 bits per heavy atom. The summed E-state index contributed by atoms with van der Waals surface area (Å²) in [6, 6.07) is 10.8. The Morgan fingerprint density at radius 2 is 1.94 bits per heavy atom. The first-order valence-electron chi connectivity index (χ1n) is 5.76. The zero-order valence-electron chi connectivity index (χ0n) is 10.1. The second-order valence-corrected chi connectivity index (χ2v) is 6.17. The van der Waals surface area contributed by atoms with E-state index in [1.165, 1.54) is 15.3 Å². The summed E-state index contributed by atoms with van der Waals surface area (Å²) in [5.41, 5.74) is 2.42. The van der Waals surface area contributed by atoms with E-state index in [0.29, 0.717) is 0 Å². The molecule has 2 aromatic rings. The van der Waals surface area contributed by atoms with Crippen molar-refractivity contribution >= 4 is 33.0 Å². The average molecular weight is 310 g/mol. The van der Waals surface area contributed by atoms with Gasteiger partial charge < -0.3 is 5.32 Å². The van der Waals surface area contributed by atoms with Crippen LogP contribution in [0, 0.1) is 6.92 Å². The number of benzene rings is 1. The molecule has 0 saturated heterocycles. The molecule has 0 saturated carbocycles. The summed E-state index contributed by atoms with van der Waals surface area (Å²) in [4.78, 5) is 2.83. The van der Waals surface area contributed by atoms with Crippen LogP contribution < -0.4 is 5.32 Å². The Kier molecular flexibility index (Phi) is 4.24. The fourth-order valence-electron chi connectivity index (χ4n) is 1.65. The van der Waals surface area contributed by atoms with Crippen LogP contribution in [-0.2, 0) is 13.0 Å². The Hall–Kier alpha value is -0.800. The van der Waals surface area contributed by atoms with Crippen molar-refractivity contribution in [1.82, 2.24) is 0 Å². The molecule has 1 N–H and O–H groups in total. The third-order valence-corrected chi connectivity index (χ3v) is 4.53. The minimum Gasteiger partial charge on any atom is -0.379 e. The molecule has 0 radical (unpaired) electrons. The normalized spacial score (nSPS) is 10.5. The van der Waals surface area contributed by atoms with Crippen LogP contribution in [-0.4, -0.2) is 0 Å². The van der Waals surface area contributed by atoms with Crippen molar-refractivity contribution in [2.24, 2.45) is 0 Å². The van der Waals surface area contributed by atoms with Gasteiger partial charge in [-0.05, 0) is 59.1 Å². The number of aryl methyl sites for hydroxylation is 2. The van der Waals surface area contributed by atoms with Crippen molar-refractivity contribution in [3.05, 3.63) is 50.1 Å². The van der Waals surface area contributed by atoms with Gasteiger partial charge >= 0.3 is 0 Å². The fraction of sp³-hybridized carbons (Fsp3) is 0.286. The molecule has 17 heavy (non-hydrogen) atoms. The minimum atomic E-state index is 0.895. The Balaban J connectivity index is 2.02. The molecule has 0 spiro atoms. The van der Waals surface area contributed by atoms with E-state index < -0.39 is 0 Å².